The molecule has 0 atom stereocenters. The molecule has 4 aliphatic rings. The number of hydrogen-bond acceptors (Lipinski definition) is 0. The first-order chi connectivity index (χ1) is 15.9. The quantitative estimate of drug-likeness (QED) is 0.237. The van der Waals surface area contributed by atoms with Crippen LogP contribution in [-0.2, 0) is 18.3 Å². The van der Waals surface area contributed by atoms with E-state index in [9.17, 15) is 0 Å². The van der Waals surface area contributed by atoms with Crippen LogP contribution in [0.5, 0.6) is 0 Å². The minimum Gasteiger partial charge on any atom is -0.0619 e. The van der Waals surface area contributed by atoms with E-state index in [1.54, 1.807) is 38.9 Å². The van der Waals surface area contributed by atoms with Gasteiger partial charge >= 0.3 is 0 Å². The predicted octanol–water partition coefficient (Wildman–Crippen LogP) is 8.06. The molecule has 1 saturated carbocycles. The summed E-state index contributed by atoms with van der Waals surface area (Å²) in [5.74, 6) is 0. The molecule has 32 heavy (non-hydrogen) atoms. The molecule has 1 spiro atoms. The van der Waals surface area contributed by atoms with E-state index in [1.807, 2.05) is 0 Å². The summed E-state index contributed by atoms with van der Waals surface area (Å²) in [6.45, 7) is 0. The van der Waals surface area contributed by atoms with E-state index in [-0.39, 0.29) is 5.41 Å². The van der Waals surface area contributed by atoms with Gasteiger partial charge in [-0.15, -0.1) is 0 Å². The monoisotopic (exact) mass is 410 g/mol. The van der Waals surface area contributed by atoms with Gasteiger partial charge in [-0.05, 0) is 92.4 Å². The lowest BCUT2D eigenvalue weighted by atomic mass is 9.65. The standard InChI is InChI=1S/C32H26/c1-8-16-32(17-9-1)27-15-7-6-14-24(27)30-26-18-20-10-2-4-12-22(20)28(26)25-19-21-11-3-5-13-23(21)29(25)31(30)32/h2-7,10-15H,1,8-9,16-19H2. The molecule has 0 aromatic heterocycles. The van der Waals surface area contributed by atoms with Crippen molar-refractivity contribution in [2.75, 3.05) is 0 Å². The van der Waals surface area contributed by atoms with E-state index in [1.165, 1.54) is 59.9 Å². The van der Waals surface area contributed by atoms with E-state index in [0.717, 1.165) is 12.8 Å². The Kier molecular flexibility index (Phi) is 3.28. The Bertz CT molecular complexity index is 1420. The summed E-state index contributed by atoms with van der Waals surface area (Å²) in [6, 6.07) is 27.8. The zero-order valence-corrected chi connectivity index (χ0v) is 18.4. The third kappa shape index (κ3) is 1.96. The van der Waals surface area contributed by atoms with Crippen molar-refractivity contribution < 1.29 is 0 Å². The molecule has 0 saturated heterocycles. The highest BCUT2D eigenvalue weighted by Crippen LogP contribution is 2.64. The van der Waals surface area contributed by atoms with Crippen LogP contribution >= 0.6 is 0 Å². The molecule has 0 aliphatic heterocycles. The molecular weight excluding hydrogens is 384 g/mol. The first-order valence-electron chi connectivity index (χ1n) is 12.4. The second-order valence-corrected chi connectivity index (χ2v) is 10.3. The largest absolute Gasteiger partial charge is 0.0619 e. The van der Waals surface area contributed by atoms with Crippen molar-refractivity contribution in [3.8, 4) is 33.4 Å². The number of fused-ring (bicyclic) bond motifs is 14. The molecule has 154 valence electrons. The number of benzene rings is 4. The second-order valence-electron chi connectivity index (χ2n) is 10.3. The molecule has 0 unspecified atom stereocenters. The zero-order chi connectivity index (χ0) is 20.9. The van der Waals surface area contributed by atoms with Crippen LogP contribution in [-0.4, -0.2) is 0 Å². The normalized spacial score (nSPS) is 18.0. The fraction of sp³-hybridized carbons (Fsp3) is 0.250. The van der Waals surface area contributed by atoms with E-state index in [0.29, 0.717) is 0 Å². The topological polar surface area (TPSA) is 0 Å². The van der Waals surface area contributed by atoms with Crippen LogP contribution in [0.2, 0.25) is 0 Å². The lowest BCUT2D eigenvalue weighted by Crippen LogP contribution is -2.29. The van der Waals surface area contributed by atoms with Crippen LogP contribution in [0.4, 0.5) is 0 Å². The summed E-state index contributed by atoms with van der Waals surface area (Å²) >= 11 is 0. The molecule has 0 N–H and O–H groups in total. The Balaban J connectivity index is 1.57. The van der Waals surface area contributed by atoms with E-state index >= 15 is 0 Å². The first kappa shape index (κ1) is 17.4. The molecule has 0 radical (unpaired) electrons. The van der Waals surface area contributed by atoms with E-state index < -0.39 is 0 Å². The Morgan fingerprint density at radius 1 is 0.500 bits per heavy atom. The molecule has 8 rings (SSSR count). The van der Waals surface area contributed by atoms with Gasteiger partial charge in [-0.3, -0.25) is 0 Å². The summed E-state index contributed by atoms with van der Waals surface area (Å²) in [6.07, 6.45) is 8.86. The minimum atomic E-state index is 0.204. The van der Waals surface area contributed by atoms with Gasteiger partial charge in [0.05, 0.1) is 0 Å². The highest BCUT2D eigenvalue weighted by Gasteiger charge is 2.49. The van der Waals surface area contributed by atoms with Gasteiger partial charge in [0.25, 0.3) is 0 Å². The van der Waals surface area contributed by atoms with Crippen molar-refractivity contribution in [1.82, 2.24) is 0 Å². The second kappa shape index (κ2) is 6.01. The van der Waals surface area contributed by atoms with Crippen LogP contribution in [0, 0.1) is 0 Å². The van der Waals surface area contributed by atoms with E-state index in [4.69, 9.17) is 0 Å². The van der Waals surface area contributed by atoms with Crippen molar-refractivity contribution in [2.45, 2.75) is 50.4 Å². The molecule has 0 heterocycles. The summed E-state index contributed by atoms with van der Waals surface area (Å²) in [7, 11) is 0. The zero-order valence-electron chi connectivity index (χ0n) is 18.4. The molecule has 4 aromatic carbocycles. The van der Waals surface area contributed by atoms with Crippen molar-refractivity contribution in [1.29, 1.82) is 0 Å². The molecule has 0 bridgehead atoms. The SMILES string of the molecule is c1ccc2c(c1)Cc1c-2c2c(c3c1-c1ccccc1C31CCCCC1)-c1ccccc1C2. The van der Waals surface area contributed by atoms with Crippen molar-refractivity contribution >= 4 is 0 Å². The van der Waals surface area contributed by atoms with Crippen molar-refractivity contribution in [3.05, 3.63) is 106 Å². The molecule has 4 aromatic rings. The first-order valence-corrected chi connectivity index (χ1v) is 12.4. The Hall–Kier alpha value is -3.12. The van der Waals surface area contributed by atoms with Crippen LogP contribution in [0.15, 0.2) is 72.8 Å². The molecular formula is C32H26. The van der Waals surface area contributed by atoms with Crippen LogP contribution in [0.25, 0.3) is 33.4 Å². The Morgan fingerprint density at radius 3 is 1.72 bits per heavy atom. The summed E-state index contributed by atoms with van der Waals surface area (Å²) in [5, 5.41) is 0. The van der Waals surface area contributed by atoms with Gasteiger partial charge < -0.3 is 0 Å². The minimum absolute atomic E-state index is 0.204. The number of rotatable bonds is 0. The third-order valence-corrected chi connectivity index (χ3v) is 8.91. The average molecular weight is 411 g/mol. The fourth-order valence-electron chi connectivity index (χ4n) is 7.76. The Morgan fingerprint density at radius 2 is 1.03 bits per heavy atom. The van der Waals surface area contributed by atoms with Crippen LogP contribution in [0.1, 0.15) is 65.5 Å². The lowest BCUT2D eigenvalue weighted by Gasteiger charge is -2.37. The van der Waals surface area contributed by atoms with Crippen LogP contribution in [0.3, 0.4) is 0 Å². The van der Waals surface area contributed by atoms with Crippen molar-refractivity contribution in [2.24, 2.45) is 0 Å². The van der Waals surface area contributed by atoms with Gasteiger partial charge in [-0.25, -0.2) is 0 Å². The number of hydrogen-bond donors (Lipinski definition) is 0. The van der Waals surface area contributed by atoms with Gasteiger partial charge in [0.2, 0.25) is 0 Å². The van der Waals surface area contributed by atoms with Gasteiger partial charge in [0.15, 0.2) is 0 Å². The summed E-state index contributed by atoms with van der Waals surface area (Å²) in [5.41, 5.74) is 19.1. The lowest BCUT2D eigenvalue weighted by molar-refractivity contribution is 0.353. The third-order valence-electron chi connectivity index (χ3n) is 8.91. The maximum atomic E-state index is 2.46. The van der Waals surface area contributed by atoms with Gasteiger partial charge in [-0.1, -0.05) is 92.1 Å². The molecule has 4 aliphatic carbocycles. The van der Waals surface area contributed by atoms with Crippen molar-refractivity contribution in [3.63, 3.8) is 0 Å². The highest BCUT2D eigenvalue weighted by atomic mass is 14.5. The molecule has 0 amide bonds. The summed E-state index contributed by atoms with van der Waals surface area (Å²) < 4.78 is 0. The van der Waals surface area contributed by atoms with E-state index in [2.05, 4.69) is 72.8 Å². The smallest absolute Gasteiger partial charge is 0.0221 e. The predicted molar refractivity (Wildman–Crippen MR) is 132 cm³/mol. The molecule has 0 heteroatoms. The van der Waals surface area contributed by atoms with Gasteiger partial charge in [0.1, 0.15) is 0 Å². The summed E-state index contributed by atoms with van der Waals surface area (Å²) in [4.78, 5) is 0. The molecule has 1 fully saturated rings. The average Bonchev–Trinajstić information content (AvgIpc) is 3.49. The maximum Gasteiger partial charge on any atom is 0.0221 e. The maximum absolute atomic E-state index is 2.46. The van der Waals surface area contributed by atoms with Gasteiger partial charge in [-0.2, -0.15) is 0 Å². The van der Waals surface area contributed by atoms with Crippen LogP contribution < -0.4 is 0 Å². The fourth-order valence-corrected chi connectivity index (χ4v) is 7.76. The Labute approximate surface area is 189 Å². The van der Waals surface area contributed by atoms with Gasteiger partial charge in [0, 0.05) is 5.41 Å². The molecule has 0 nitrogen and oxygen atoms in total. The highest BCUT2D eigenvalue weighted by molar-refractivity contribution is 6.02.